The fourth-order valence-corrected chi connectivity index (χ4v) is 2.10. The zero-order valence-corrected chi connectivity index (χ0v) is 13.0. The van der Waals surface area contributed by atoms with Crippen LogP contribution in [-0.2, 0) is 0 Å². The molecule has 0 aliphatic carbocycles. The van der Waals surface area contributed by atoms with Crippen LogP contribution in [0.4, 0.5) is 21.8 Å². The number of anilines is 3. The molecule has 24 heavy (non-hydrogen) atoms. The standard InChI is InChI=1S/C16H14FN5O2/c1-10-8-24-16(20-10)21-15(23)11-3-4-13(17)14(5-11)22(2)12-6-18-9-19-7-12/h3-9H,1-2H3,(H,20,21,23). The number of nitrogens with one attached hydrogen (secondary N) is 1. The molecule has 8 heteroatoms. The number of aromatic nitrogens is 3. The fraction of sp³-hybridized carbons (Fsp3) is 0.125. The van der Waals surface area contributed by atoms with Crippen molar-refractivity contribution in [2.75, 3.05) is 17.3 Å². The molecule has 0 aliphatic rings. The van der Waals surface area contributed by atoms with Crippen molar-refractivity contribution in [2.45, 2.75) is 6.92 Å². The van der Waals surface area contributed by atoms with Gasteiger partial charge < -0.3 is 9.32 Å². The van der Waals surface area contributed by atoms with E-state index in [0.717, 1.165) is 0 Å². The van der Waals surface area contributed by atoms with E-state index in [1.807, 2.05) is 0 Å². The van der Waals surface area contributed by atoms with Crippen molar-refractivity contribution < 1.29 is 13.6 Å². The minimum Gasteiger partial charge on any atom is -0.432 e. The van der Waals surface area contributed by atoms with E-state index < -0.39 is 11.7 Å². The summed E-state index contributed by atoms with van der Waals surface area (Å²) in [6.07, 6.45) is 5.91. The van der Waals surface area contributed by atoms with E-state index in [-0.39, 0.29) is 17.3 Å². The second kappa shape index (κ2) is 6.45. The van der Waals surface area contributed by atoms with Crippen molar-refractivity contribution in [1.29, 1.82) is 0 Å². The van der Waals surface area contributed by atoms with E-state index in [9.17, 15) is 9.18 Å². The summed E-state index contributed by atoms with van der Waals surface area (Å²) in [5.41, 5.74) is 1.73. The summed E-state index contributed by atoms with van der Waals surface area (Å²) in [7, 11) is 1.66. The maximum atomic E-state index is 14.2. The Hall–Kier alpha value is -3.29. The van der Waals surface area contributed by atoms with Crippen molar-refractivity contribution >= 4 is 23.3 Å². The van der Waals surface area contributed by atoms with Crippen LogP contribution in [0.3, 0.4) is 0 Å². The normalized spacial score (nSPS) is 10.5. The van der Waals surface area contributed by atoms with E-state index in [2.05, 4.69) is 20.3 Å². The molecule has 1 amide bonds. The highest BCUT2D eigenvalue weighted by Crippen LogP contribution is 2.26. The number of carbonyl (C=O) groups is 1. The Labute approximate surface area is 137 Å². The number of amides is 1. The molecule has 0 saturated heterocycles. The molecule has 0 atom stereocenters. The van der Waals surface area contributed by atoms with Crippen molar-refractivity contribution in [3.63, 3.8) is 0 Å². The molecule has 0 aliphatic heterocycles. The molecule has 3 aromatic rings. The van der Waals surface area contributed by atoms with Crippen LogP contribution in [-0.4, -0.2) is 27.9 Å². The van der Waals surface area contributed by atoms with Gasteiger partial charge in [0.05, 0.1) is 29.5 Å². The molecule has 0 spiro atoms. The highest BCUT2D eigenvalue weighted by atomic mass is 19.1. The maximum Gasteiger partial charge on any atom is 0.301 e. The number of aryl methyl sites for hydroxylation is 1. The Morgan fingerprint density at radius 1 is 1.29 bits per heavy atom. The van der Waals surface area contributed by atoms with Gasteiger partial charge in [-0.2, -0.15) is 4.98 Å². The van der Waals surface area contributed by atoms with Gasteiger partial charge >= 0.3 is 6.01 Å². The zero-order chi connectivity index (χ0) is 17.1. The van der Waals surface area contributed by atoms with E-state index >= 15 is 0 Å². The Morgan fingerprint density at radius 3 is 2.71 bits per heavy atom. The van der Waals surface area contributed by atoms with Gasteiger partial charge in [0, 0.05) is 12.6 Å². The Morgan fingerprint density at radius 2 is 2.04 bits per heavy atom. The van der Waals surface area contributed by atoms with Crippen LogP contribution in [0.1, 0.15) is 16.1 Å². The minimum atomic E-state index is -0.468. The molecule has 1 N–H and O–H groups in total. The molecular formula is C16H14FN5O2. The Bertz CT molecular complexity index is 866. The summed E-state index contributed by atoms with van der Waals surface area (Å²) < 4.78 is 19.2. The lowest BCUT2D eigenvalue weighted by Crippen LogP contribution is -2.16. The lowest BCUT2D eigenvalue weighted by molar-refractivity contribution is 0.102. The molecule has 7 nitrogen and oxygen atoms in total. The van der Waals surface area contributed by atoms with Gasteiger partial charge in [-0.15, -0.1) is 0 Å². The summed E-state index contributed by atoms with van der Waals surface area (Å²) in [6.45, 7) is 1.74. The number of carbonyl (C=O) groups excluding carboxylic acids is 1. The van der Waals surface area contributed by atoms with Crippen LogP contribution in [0.25, 0.3) is 0 Å². The summed E-state index contributed by atoms with van der Waals surface area (Å²) >= 11 is 0. The van der Waals surface area contributed by atoms with Crippen molar-refractivity contribution in [1.82, 2.24) is 15.0 Å². The van der Waals surface area contributed by atoms with Gasteiger partial charge in [0.25, 0.3) is 5.91 Å². The van der Waals surface area contributed by atoms with Crippen molar-refractivity contribution in [3.05, 3.63) is 60.3 Å². The molecule has 0 fully saturated rings. The summed E-state index contributed by atoms with van der Waals surface area (Å²) in [6, 6.07) is 4.14. The average Bonchev–Trinajstić information content (AvgIpc) is 3.00. The predicted octanol–water partition coefficient (Wildman–Crippen LogP) is 2.93. The number of hydrogen-bond acceptors (Lipinski definition) is 6. The topological polar surface area (TPSA) is 84.2 Å². The highest BCUT2D eigenvalue weighted by molar-refractivity contribution is 6.03. The number of benzene rings is 1. The molecule has 122 valence electrons. The summed E-state index contributed by atoms with van der Waals surface area (Å²) in [5.74, 6) is -0.916. The molecule has 2 heterocycles. The molecule has 2 aromatic heterocycles. The highest BCUT2D eigenvalue weighted by Gasteiger charge is 2.15. The average molecular weight is 327 g/mol. The first-order chi connectivity index (χ1) is 11.5. The third-order valence-corrected chi connectivity index (χ3v) is 3.34. The lowest BCUT2D eigenvalue weighted by Gasteiger charge is -2.19. The van der Waals surface area contributed by atoms with Crippen LogP contribution in [0.15, 0.2) is 47.6 Å². The van der Waals surface area contributed by atoms with E-state index in [4.69, 9.17) is 4.42 Å². The van der Waals surface area contributed by atoms with Gasteiger partial charge in [-0.3, -0.25) is 10.1 Å². The molecule has 0 radical (unpaired) electrons. The first-order valence-corrected chi connectivity index (χ1v) is 7.06. The van der Waals surface area contributed by atoms with Gasteiger partial charge in [0.15, 0.2) is 0 Å². The van der Waals surface area contributed by atoms with Gasteiger partial charge in [-0.1, -0.05) is 0 Å². The van der Waals surface area contributed by atoms with Gasteiger partial charge in [0.1, 0.15) is 18.4 Å². The quantitative estimate of drug-likeness (QED) is 0.793. The number of hydrogen-bond donors (Lipinski definition) is 1. The van der Waals surface area contributed by atoms with Gasteiger partial charge in [0.2, 0.25) is 0 Å². The van der Waals surface area contributed by atoms with Gasteiger partial charge in [-0.25, -0.2) is 14.4 Å². The van der Waals surface area contributed by atoms with Gasteiger partial charge in [-0.05, 0) is 25.1 Å². The van der Waals surface area contributed by atoms with Crippen LogP contribution in [0.2, 0.25) is 0 Å². The SMILES string of the molecule is Cc1coc(NC(=O)c2ccc(F)c(N(C)c3cncnc3)c2)n1. The third kappa shape index (κ3) is 3.22. The molecule has 1 aromatic carbocycles. The number of rotatable bonds is 4. The van der Waals surface area contributed by atoms with Crippen molar-refractivity contribution in [3.8, 4) is 0 Å². The van der Waals surface area contributed by atoms with Crippen LogP contribution in [0, 0.1) is 12.7 Å². The van der Waals surface area contributed by atoms with Crippen LogP contribution >= 0.6 is 0 Å². The summed E-state index contributed by atoms with van der Waals surface area (Å²) in [5, 5.41) is 2.52. The second-order valence-corrected chi connectivity index (χ2v) is 5.07. The Balaban J connectivity index is 1.87. The first kappa shape index (κ1) is 15.6. The molecular weight excluding hydrogens is 313 g/mol. The second-order valence-electron chi connectivity index (χ2n) is 5.07. The molecule has 0 saturated carbocycles. The lowest BCUT2D eigenvalue weighted by atomic mass is 10.1. The number of halogens is 1. The van der Waals surface area contributed by atoms with E-state index in [1.54, 1.807) is 31.3 Å². The van der Waals surface area contributed by atoms with E-state index in [0.29, 0.717) is 11.4 Å². The third-order valence-electron chi connectivity index (χ3n) is 3.34. The minimum absolute atomic E-state index is 0.0909. The van der Waals surface area contributed by atoms with E-state index in [1.165, 1.54) is 30.8 Å². The van der Waals surface area contributed by atoms with Crippen LogP contribution in [0.5, 0.6) is 0 Å². The monoisotopic (exact) mass is 327 g/mol. The largest absolute Gasteiger partial charge is 0.432 e. The van der Waals surface area contributed by atoms with Crippen molar-refractivity contribution in [2.24, 2.45) is 0 Å². The number of oxazole rings is 1. The first-order valence-electron chi connectivity index (χ1n) is 7.06. The zero-order valence-electron chi connectivity index (χ0n) is 13.0. The Kier molecular flexibility index (Phi) is 4.19. The fourth-order valence-electron chi connectivity index (χ4n) is 2.10. The number of nitrogens with zero attached hydrogens (tertiary/aromatic N) is 4. The smallest absolute Gasteiger partial charge is 0.301 e. The van der Waals surface area contributed by atoms with Crippen LogP contribution < -0.4 is 10.2 Å². The molecule has 0 unspecified atom stereocenters. The molecule has 0 bridgehead atoms. The maximum absolute atomic E-state index is 14.2. The predicted molar refractivity (Wildman–Crippen MR) is 85.7 cm³/mol. The summed E-state index contributed by atoms with van der Waals surface area (Å²) in [4.78, 5) is 25.6. The molecule has 3 rings (SSSR count).